The fourth-order valence-corrected chi connectivity index (χ4v) is 3.78. The summed E-state index contributed by atoms with van der Waals surface area (Å²) in [4.78, 5) is 8.29. The summed E-state index contributed by atoms with van der Waals surface area (Å²) in [6, 6.07) is 10.7. The molecule has 3 heterocycles. The highest BCUT2D eigenvalue weighted by molar-refractivity contribution is 7.16. The van der Waals surface area contributed by atoms with Crippen LogP contribution in [0, 0.1) is 0 Å². The molecule has 4 rings (SSSR count). The molecule has 0 aliphatic carbocycles. The topological polar surface area (TPSA) is 33.4 Å². The van der Waals surface area contributed by atoms with Crippen molar-refractivity contribution in [1.29, 1.82) is 0 Å². The molecule has 1 aliphatic heterocycles. The van der Waals surface area contributed by atoms with E-state index >= 15 is 0 Å². The molecule has 0 saturated carbocycles. The summed E-state index contributed by atoms with van der Waals surface area (Å²) in [5.41, 5.74) is 3.89. The molecule has 0 saturated heterocycles. The number of aromatic nitrogens is 3. The third-order valence-corrected chi connectivity index (χ3v) is 5.06. The average Bonchev–Trinajstić information content (AvgIpc) is 3.06. The smallest absolute Gasteiger partial charge is 0.212 e. The average molecular weight is 298 g/mol. The summed E-state index contributed by atoms with van der Waals surface area (Å²) in [5.74, 6) is 0. The van der Waals surface area contributed by atoms with E-state index in [0.29, 0.717) is 0 Å². The van der Waals surface area contributed by atoms with Crippen LogP contribution in [0.1, 0.15) is 28.9 Å². The number of imidazole rings is 1. The lowest BCUT2D eigenvalue weighted by Crippen LogP contribution is -2.30. The molecule has 0 unspecified atom stereocenters. The minimum atomic E-state index is 0.943. The predicted octanol–water partition coefficient (Wildman–Crippen LogP) is 2.91. The third kappa shape index (κ3) is 2.36. The van der Waals surface area contributed by atoms with Crippen molar-refractivity contribution >= 4 is 16.3 Å². The van der Waals surface area contributed by atoms with Crippen LogP contribution in [0.25, 0.3) is 4.96 Å². The molecule has 0 amide bonds. The van der Waals surface area contributed by atoms with Gasteiger partial charge in [0, 0.05) is 26.1 Å². The van der Waals surface area contributed by atoms with Crippen LogP contribution in [0.4, 0.5) is 0 Å². The first kappa shape index (κ1) is 13.0. The van der Waals surface area contributed by atoms with Crippen LogP contribution in [-0.4, -0.2) is 26.0 Å². The Bertz CT molecular complexity index is 759. The zero-order valence-electron chi connectivity index (χ0n) is 12.1. The molecule has 0 atom stereocenters. The largest absolute Gasteiger partial charge is 0.293 e. The van der Waals surface area contributed by atoms with Crippen LogP contribution >= 0.6 is 11.3 Å². The van der Waals surface area contributed by atoms with Gasteiger partial charge in [-0.25, -0.2) is 9.50 Å². The van der Waals surface area contributed by atoms with Crippen molar-refractivity contribution in [3.05, 3.63) is 52.3 Å². The number of benzene rings is 1. The molecule has 4 nitrogen and oxygen atoms in total. The second kappa shape index (κ2) is 5.24. The lowest BCUT2D eigenvalue weighted by molar-refractivity contribution is 0.239. The highest BCUT2D eigenvalue weighted by Crippen LogP contribution is 2.24. The van der Waals surface area contributed by atoms with E-state index in [0.717, 1.165) is 37.4 Å². The Kier molecular flexibility index (Phi) is 3.24. The lowest BCUT2D eigenvalue weighted by atomic mass is 10.1. The first-order valence-electron chi connectivity index (χ1n) is 7.46. The Balaban J connectivity index is 1.61. The Morgan fingerprint density at radius 1 is 1.24 bits per heavy atom. The van der Waals surface area contributed by atoms with Crippen molar-refractivity contribution < 1.29 is 0 Å². The van der Waals surface area contributed by atoms with Crippen molar-refractivity contribution in [1.82, 2.24) is 19.5 Å². The fourth-order valence-electron chi connectivity index (χ4n) is 2.90. The van der Waals surface area contributed by atoms with Gasteiger partial charge in [0.25, 0.3) is 0 Å². The van der Waals surface area contributed by atoms with Gasteiger partial charge in [0.2, 0.25) is 4.96 Å². The summed E-state index contributed by atoms with van der Waals surface area (Å²) in [6.45, 7) is 5.16. The van der Waals surface area contributed by atoms with E-state index in [2.05, 4.69) is 46.7 Å². The zero-order valence-corrected chi connectivity index (χ0v) is 12.9. The maximum absolute atomic E-state index is 4.76. The molecule has 2 aromatic heterocycles. The molecule has 1 aliphatic rings. The Labute approximate surface area is 128 Å². The second-order valence-electron chi connectivity index (χ2n) is 5.50. The maximum atomic E-state index is 4.76. The highest BCUT2D eigenvalue weighted by Gasteiger charge is 2.23. The second-order valence-corrected chi connectivity index (χ2v) is 6.54. The SMILES string of the molecule is CCc1nn2c3c(nc2s1)CCN(Cc1ccccc1)C3. The van der Waals surface area contributed by atoms with E-state index in [-0.39, 0.29) is 0 Å². The molecular formula is C16H18N4S. The van der Waals surface area contributed by atoms with Gasteiger partial charge < -0.3 is 0 Å². The minimum absolute atomic E-state index is 0.943. The lowest BCUT2D eigenvalue weighted by Gasteiger charge is -2.26. The summed E-state index contributed by atoms with van der Waals surface area (Å²) in [7, 11) is 0. The molecular weight excluding hydrogens is 280 g/mol. The summed E-state index contributed by atoms with van der Waals surface area (Å²) in [6.07, 6.45) is 2.01. The van der Waals surface area contributed by atoms with Gasteiger partial charge in [0.05, 0.1) is 11.4 Å². The Morgan fingerprint density at radius 2 is 2.10 bits per heavy atom. The van der Waals surface area contributed by atoms with Crippen LogP contribution in [0.2, 0.25) is 0 Å². The Morgan fingerprint density at radius 3 is 2.90 bits per heavy atom. The molecule has 0 radical (unpaired) electrons. The first-order valence-corrected chi connectivity index (χ1v) is 8.27. The van der Waals surface area contributed by atoms with E-state index < -0.39 is 0 Å². The van der Waals surface area contributed by atoms with Gasteiger partial charge in [-0.1, -0.05) is 48.6 Å². The van der Waals surface area contributed by atoms with Crippen LogP contribution in [0.15, 0.2) is 30.3 Å². The van der Waals surface area contributed by atoms with Crippen LogP contribution in [-0.2, 0) is 25.9 Å². The van der Waals surface area contributed by atoms with Crippen LogP contribution < -0.4 is 0 Å². The van der Waals surface area contributed by atoms with E-state index in [1.807, 2.05) is 0 Å². The minimum Gasteiger partial charge on any atom is -0.293 e. The quantitative estimate of drug-likeness (QED) is 0.745. The normalized spacial score (nSPS) is 15.5. The van der Waals surface area contributed by atoms with Crippen LogP contribution in [0.5, 0.6) is 0 Å². The van der Waals surface area contributed by atoms with Gasteiger partial charge in [-0.05, 0) is 12.0 Å². The third-order valence-electron chi connectivity index (χ3n) is 4.01. The molecule has 5 heteroatoms. The maximum Gasteiger partial charge on any atom is 0.212 e. The van der Waals surface area contributed by atoms with Gasteiger partial charge in [-0.2, -0.15) is 5.10 Å². The Hall–Kier alpha value is -1.72. The number of nitrogens with zero attached hydrogens (tertiary/aromatic N) is 4. The van der Waals surface area contributed by atoms with Crippen molar-refractivity contribution in [2.24, 2.45) is 0 Å². The molecule has 0 spiro atoms. The number of hydrogen-bond donors (Lipinski definition) is 0. The van der Waals surface area contributed by atoms with Gasteiger partial charge >= 0.3 is 0 Å². The molecule has 21 heavy (non-hydrogen) atoms. The van der Waals surface area contributed by atoms with E-state index in [1.165, 1.54) is 22.0 Å². The summed E-state index contributed by atoms with van der Waals surface area (Å²) >= 11 is 1.72. The fraction of sp³-hybridized carbons (Fsp3) is 0.375. The number of hydrogen-bond acceptors (Lipinski definition) is 4. The molecule has 0 bridgehead atoms. The van der Waals surface area contributed by atoms with Gasteiger partial charge in [-0.3, -0.25) is 4.90 Å². The first-order chi connectivity index (χ1) is 10.3. The van der Waals surface area contributed by atoms with Crippen molar-refractivity contribution in [2.75, 3.05) is 6.54 Å². The molecule has 108 valence electrons. The van der Waals surface area contributed by atoms with Gasteiger partial charge in [0.15, 0.2) is 0 Å². The predicted molar refractivity (Wildman–Crippen MR) is 84.5 cm³/mol. The highest BCUT2D eigenvalue weighted by atomic mass is 32.1. The molecule has 0 N–H and O–H groups in total. The number of aryl methyl sites for hydroxylation is 1. The molecule has 0 fully saturated rings. The summed E-state index contributed by atoms with van der Waals surface area (Å²) in [5, 5.41) is 5.86. The zero-order chi connectivity index (χ0) is 14.2. The van der Waals surface area contributed by atoms with Crippen molar-refractivity contribution in [3.63, 3.8) is 0 Å². The number of rotatable bonds is 3. The molecule has 1 aromatic carbocycles. The van der Waals surface area contributed by atoms with E-state index in [9.17, 15) is 0 Å². The van der Waals surface area contributed by atoms with Gasteiger partial charge in [0.1, 0.15) is 5.01 Å². The van der Waals surface area contributed by atoms with E-state index in [1.54, 1.807) is 11.3 Å². The monoisotopic (exact) mass is 298 g/mol. The van der Waals surface area contributed by atoms with Crippen molar-refractivity contribution in [3.8, 4) is 0 Å². The van der Waals surface area contributed by atoms with Gasteiger partial charge in [-0.15, -0.1) is 0 Å². The van der Waals surface area contributed by atoms with E-state index in [4.69, 9.17) is 10.1 Å². The standard InChI is InChI=1S/C16H18N4S/c1-2-15-18-20-14-11-19(10-12-6-4-3-5-7-12)9-8-13(14)17-16(20)21-15/h3-7H,2,8-11H2,1H3. The van der Waals surface area contributed by atoms with Crippen LogP contribution in [0.3, 0.4) is 0 Å². The number of fused-ring (bicyclic) bond motifs is 3. The summed E-state index contributed by atoms with van der Waals surface area (Å²) < 4.78 is 2.07. The molecule has 3 aromatic rings. The van der Waals surface area contributed by atoms with Crippen molar-refractivity contribution in [2.45, 2.75) is 32.9 Å².